The van der Waals surface area contributed by atoms with Crippen molar-refractivity contribution in [2.75, 3.05) is 19.4 Å². The monoisotopic (exact) mass is 768 g/mol. The number of aromatic nitrogens is 3. The third-order valence-electron chi connectivity index (χ3n) is 9.68. The number of rotatable bonds is 16. The number of hydrogen-bond donors (Lipinski definition) is 2. The molecule has 2 aromatic heterocycles. The fourth-order valence-corrected chi connectivity index (χ4v) is 7.76. The number of nitrogen functional groups attached to an aromatic ring is 1. The lowest BCUT2D eigenvalue weighted by atomic mass is 9.91. The van der Waals surface area contributed by atoms with Gasteiger partial charge in [0.2, 0.25) is 0 Å². The summed E-state index contributed by atoms with van der Waals surface area (Å²) < 4.78 is 52.8. The number of esters is 3. The Balaban J connectivity index is 1.37. The maximum atomic E-state index is 14.7. The normalized spacial score (nSPS) is 24.7. The van der Waals surface area contributed by atoms with Crippen molar-refractivity contribution in [2.45, 2.75) is 109 Å². The molecule has 1 aromatic carbocycles. The number of hydrogen-bond acceptors (Lipinski definition) is 14. The number of aliphatic imine (C=N–C) groups is 1. The highest BCUT2D eigenvalue weighted by atomic mass is 31.2. The SMILES string of the molecule is CN=C[C@@]1(c2ccc3c(N)ncnn23)O[C@H](CO[P@@](=O)(N[C@@H](C)C(=O)OC2CCC2)Oc2ccc(C3CC3)cc2)[C@@H](OC(=O)C(C)C)[C@H]1OC(=O)C(C)C. The van der Waals surface area contributed by atoms with Gasteiger partial charge in [0.1, 0.15) is 35.8 Å². The smallest absolute Gasteiger partial charge is 0.459 e. The molecule has 17 heteroatoms. The predicted octanol–water partition coefficient (Wildman–Crippen LogP) is 4.90. The van der Waals surface area contributed by atoms with E-state index in [1.54, 1.807) is 52.0 Å². The third kappa shape index (κ3) is 8.46. The highest BCUT2D eigenvalue weighted by molar-refractivity contribution is 7.52. The minimum Gasteiger partial charge on any atom is -0.461 e. The Morgan fingerprint density at radius 1 is 1.00 bits per heavy atom. The molecule has 0 radical (unpaired) electrons. The number of fused-ring (bicyclic) bond motifs is 1. The van der Waals surface area contributed by atoms with Gasteiger partial charge in [-0.25, -0.2) is 14.1 Å². The molecule has 2 saturated carbocycles. The molecule has 0 spiro atoms. The fourth-order valence-electron chi connectivity index (χ4n) is 6.26. The van der Waals surface area contributed by atoms with E-state index in [-0.39, 0.29) is 17.7 Å². The van der Waals surface area contributed by atoms with E-state index in [1.807, 2.05) is 12.1 Å². The van der Waals surface area contributed by atoms with Gasteiger partial charge in [0.05, 0.1) is 24.1 Å². The molecule has 1 saturated heterocycles. The standard InChI is InChI=1S/C37H49N6O10P/c1-21(2)34(44)50-31-29(52-37(19-39-6,32(31)51-35(45)22(3)4)30-17-16-28-33(38)40-20-41-43(28)30)18-48-54(47,42-23(5)36(46)49-26-8-7-9-26)53-27-14-12-25(13-15-27)24-10-11-24/h12-17,19-24,26,29,31-32H,7-11,18H2,1-6H3,(H,42,47)(H2,38,40,41)/t23-,29+,31+,32+,37-,54-/m0/s1. The van der Waals surface area contributed by atoms with Crippen LogP contribution in [0.2, 0.25) is 0 Å². The second-order valence-electron chi connectivity index (χ2n) is 14.6. The molecule has 3 aromatic rings. The first-order valence-corrected chi connectivity index (χ1v) is 19.9. The minimum atomic E-state index is -4.42. The van der Waals surface area contributed by atoms with Crippen LogP contribution in [0, 0.1) is 11.8 Å². The van der Waals surface area contributed by atoms with Gasteiger partial charge in [0.15, 0.2) is 23.6 Å². The van der Waals surface area contributed by atoms with Crippen molar-refractivity contribution in [3.63, 3.8) is 0 Å². The van der Waals surface area contributed by atoms with Crippen LogP contribution in [0.5, 0.6) is 5.75 Å². The lowest BCUT2D eigenvalue weighted by Crippen LogP contribution is -2.48. The Kier molecular flexibility index (Phi) is 11.8. The van der Waals surface area contributed by atoms with Gasteiger partial charge in [-0.15, -0.1) is 0 Å². The van der Waals surface area contributed by atoms with Gasteiger partial charge in [0.25, 0.3) is 0 Å². The van der Waals surface area contributed by atoms with Gasteiger partial charge in [-0.2, -0.15) is 10.2 Å². The number of carbonyl (C=O) groups excluding carboxylic acids is 3. The quantitative estimate of drug-likeness (QED) is 0.0862. The van der Waals surface area contributed by atoms with Crippen LogP contribution < -0.4 is 15.3 Å². The Morgan fingerprint density at radius 2 is 1.69 bits per heavy atom. The molecule has 3 N–H and O–H groups in total. The lowest BCUT2D eigenvalue weighted by molar-refractivity contribution is -0.172. The number of benzene rings is 1. The highest BCUT2D eigenvalue weighted by Crippen LogP contribution is 2.49. The molecule has 0 unspecified atom stereocenters. The Hall–Kier alpha value is -4.37. The summed E-state index contributed by atoms with van der Waals surface area (Å²) in [5, 5.41) is 7.11. The topological polar surface area (TPSA) is 204 Å². The van der Waals surface area contributed by atoms with E-state index in [0.29, 0.717) is 17.1 Å². The molecule has 2 aliphatic carbocycles. The van der Waals surface area contributed by atoms with Crippen molar-refractivity contribution in [3.8, 4) is 5.75 Å². The molecule has 3 fully saturated rings. The molecule has 292 valence electrons. The third-order valence-corrected chi connectivity index (χ3v) is 11.3. The summed E-state index contributed by atoms with van der Waals surface area (Å²) in [6.07, 6.45) is 3.25. The molecule has 3 heterocycles. The average molecular weight is 769 g/mol. The summed E-state index contributed by atoms with van der Waals surface area (Å²) in [5.74, 6) is -2.10. The highest BCUT2D eigenvalue weighted by Gasteiger charge is 2.61. The first-order chi connectivity index (χ1) is 25.7. The van der Waals surface area contributed by atoms with Crippen molar-refractivity contribution in [3.05, 3.63) is 54.0 Å². The summed E-state index contributed by atoms with van der Waals surface area (Å²) in [7, 11) is -2.91. The van der Waals surface area contributed by atoms with Crippen LogP contribution in [0.4, 0.5) is 5.82 Å². The number of nitrogens with two attached hydrogens (primary N) is 1. The maximum Gasteiger partial charge on any atom is 0.459 e. The van der Waals surface area contributed by atoms with E-state index < -0.39 is 74.1 Å². The molecular weight excluding hydrogens is 719 g/mol. The Bertz CT molecular complexity index is 1910. The molecule has 1 aliphatic heterocycles. The number of carbonyl (C=O) groups is 3. The molecule has 0 bridgehead atoms. The zero-order valence-electron chi connectivity index (χ0n) is 31.4. The molecule has 0 amide bonds. The van der Waals surface area contributed by atoms with E-state index >= 15 is 0 Å². The zero-order chi connectivity index (χ0) is 38.8. The van der Waals surface area contributed by atoms with Gasteiger partial charge in [-0.3, -0.25) is 23.9 Å². The van der Waals surface area contributed by atoms with Crippen LogP contribution in [-0.4, -0.2) is 82.8 Å². The Labute approximate surface area is 314 Å². The summed E-state index contributed by atoms with van der Waals surface area (Å²) in [6, 6.07) is 9.43. The number of nitrogens with zero attached hydrogens (tertiary/aromatic N) is 4. The van der Waals surface area contributed by atoms with Crippen LogP contribution in [0.25, 0.3) is 5.52 Å². The molecule has 16 nitrogen and oxygen atoms in total. The second-order valence-corrected chi connectivity index (χ2v) is 16.3. The molecule has 6 atom stereocenters. The zero-order valence-corrected chi connectivity index (χ0v) is 32.3. The fraction of sp³-hybridized carbons (Fsp3) is 0.568. The first-order valence-electron chi connectivity index (χ1n) is 18.4. The molecule has 54 heavy (non-hydrogen) atoms. The van der Waals surface area contributed by atoms with Crippen molar-refractivity contribution in [1.29, 1.82) is 0 Å². The van der Waals surface area contributed by atoms with E-state index in [0.717, 1.165) is 37.7 Å². The molecule has 3 aliphatic rings. The van der Waals surface area contributed by atoms with Gasteiger partial charge in [-0.05, 0) is 74.8 Å². The first kappa shape index (κ1) is 39.3. The van der Waals surface area contributed by atoms with Gasteiger partial charge in [0, 0.05) is 13.3 Å². The summed E-state index contributed by atoms with van der Waals surface area (Å²) in [6.45, 7) is 7.62. The molecule has 6 rings (SSSR count). The average Bonchev–Trinajstić information content (AvgIpc) is 3.80. The summed E-state index contributed by atoms with van der Waals surface area (Å²) in [5.41, 5.74) is 6.33. The number of anilines is 1. The minimum absolute atomic E-state index is 0.176. The van der Waals surface area contributed by atoms with E-state index in [4.69, 9.17) is 33.7 Å². The van der Waals surface area contributed by atoms with Crippen LogP contribution in [0.1, 0.15) is 83.9 Å². The van der Waals surface area contributed by atoms with Crippen molar-refractivity contribution in [1.82, 2.24) is 19.7 Å². The molecular formula is C37H49N6O10P. The van der Waals surface area contributed by atoms with Crippen LogP contribution in [0.15, 0.2) is 47.7 Å². The van der Waals surface area contributed by atoms with Gasteiger partial charge >= 0.3 is 25.7 Å². The lowest BCUT2D eigenvalue weighted by Gasteiger charge is -2.32. The number of nitrogens with one attached hydrogen (secondary N) is 1. The van der Waals surface area contributed by atoms with Crippen molar-refractivity contribution >= 4 is 43.2 Å². The predicted molar refractivity (Wildman–Crippen MR) is 197 cm³/mol. The second kappa shape index (κ2) is 16.2. The van der Waals surface area contributed by atoms with E-state index in [2.05, 4.69) is 20.2 Å². The number of ether oxygens (including phenoxy) is 4. The van der Waals surface area contributed by atoms with Crippen LogP contribution in [-0.2, 0) is 48.0 Å². The van der Waals surface area contributed by atoms with Gasteiger partial charge in [-0.1, -0.05) is 39.8 Å². The van der Waals surface area contributed by atoms with E-state index in [1.165, 1.54) is 31.0 Å². The summed E-state index contributed by atoms with van der Waals surface area (Å²) in [4.78, 5) is 48.1. The van der Waals surface area contributed by atoms with Crippen LogP contribution >= 0.6 is 7.75 Å². The largest absolute Gasteiger partial charge is 0.461 e. The van der Waals surface area contributed by atoms with E-state index in [9.17, 15) is 18.9 Å². The van der Waals surface area contributed by atoms with Gasteiger partial charge < -0.3 is 29.2 Å². The van der Waals surface area contributed by atoms with Crippen LogP contribution in [0.3, 0.4) is 0 Å². The Morgan fingerprint density at radius 3 is 2.30 bits per heavy atom. The maximum absolute atomic E-state index is 14.7. The van der Waals surface area contributed by atoms with Crippen molar-refractivity contribution in [2.24, 2.45) is 16.8 Å². The van der Waals surface area contributed by atoms with Crippen molar-refractivity contribution < 1.29 is 46.9 Å². The summed E-state index contributed by atoms with van der Waals surface area (Å²) >= 11 is 0.